The molecule has 1 atom stereocenters. The SMILES string of the molecule is O=C(NCC(O)CBr)OCc1ccccc1. The van der Waals surface area contributed by atoms with E-state index < -0.39 is 12.2 Å². The molecule has 0 aromatic heterocycles. The fourth-order valence-electron chi connectivity index (χ4n) is 1.03. The fraction of sp³-hybridized carbons (Fsp3) is 0.364. The Labute approximate surface area is 103 Å². The van der Waals surface area contributed by atoms with Crippen molar-refractivity contribution < 1.29 is 14.6 Å². The summed E-state index contributed by atoms with van der Waals surface area (Å²) in [5.74, 6) is 0. The average Bonchev–Trinajstić information content (AvgIpc) is 2.34. The van der Waals surface area contributed by atoms with Crippen molar-refractivity contribution in [1.29, 1.82) is 0 Å². The molecule has 88 valence electrons. The number of carbonyl (C=O) groups excluding carboxylic acids is 1. The van der Waals surface area contributed by atoms with E-state index in [0.717, 1.165) is 5.56 Å². The van der Waals surface area contributed by atoms with Gasteiger partial charge < -0.3 is 15.2 Å². The number of halogens is 1. The van der Waals surface area contributed by atoms with Gasteiger partial charge in [-0.15, -0.1) is 0 Å². The van der Waals surface area contributed by atoms with Gasteiger partial charge in [-0.25, -0.2) is 4.79 Å². The largest absolute Gasteiger partial charge is 0.445 e. The summed E-state index contributed by atoms with van der Waals surface area (Å²) in [4.78, 5) is 11.2. The zero-order valence-electron chi connectivity index (χ0n) is 8.73. The van der Waals surface area contributed by atoms with Crippen LogP contribution in [-0.2, 0) is 11.3 Å². The molecule has 0 heterocycles. The molecule has 0 aliphatic carbocycles. The van der Waals surface area contributed by atoms with Crippen LogP contribution in [0, 0.1) is 0 Å². The number of alkyl carbamates (subject to hydrolysis) is 1. The van der Waals surface area contributed by atoms with Gasteiger partial charge >= 0.3 is 6.09 Å². The van der Waals surface area contributed by atoms with Crippen LogP contribution >= 0.6 is 15.9 Å². The molecule has 1 unspecified atom stereocenters. The van der Waals surface area contributed by atoms with Crippen molar-refractivity contribution in [3.8, 4) is 0 Å². The normalized spacial score (nSPS) is 11.9. The first-order valence-corrected chi connectivity index (χ1v) is 6.03. The number of aliphatic hydroxyl groups excluding tert-OH is 1. The molecule has 0 spiro atoms. The lowest BCUT2D eigenvalue weighted by Crippen LogP contribution is -2.33. The Morgan fingerprint density at radius 2 is 2.12 bits per heavy atom. The van der Waals surface area contributed by atoms with Gasteiger partial charge in [0.15, 0.2) is 0 Å². The lowest BCUT2D eigenvalue weighted by atomic mass is 10.2. The van der Waals surface area contributed by atoms with Crippen LogP contribution in [-0.4, -0.2) is 29.2 Å². The van der Waals surface area contributed by atoms with Crippen molar-refractivity contribution in [3.63, 3.8) is 0 Å². The van der Waals surface area contributed by atoms with Gasteiger partial charge in [-0.2, -0.15) is 0 Å². The summed E-state index contributed by atoms with van der Waals surface area (Å²) in [7, 11) is 0. The van der Waals surface area contributed by atoms with Gasteiger partial charge in [-0.3, -0.25) is 0 Å². The van der Waals surface area contributed by atoms with Crippen LogP contribution < -0.4 is 5.32 Å². The van der Waals surface area contributed by atoms with E-state index in [4.69, 9.17) is 4.74 Å². The number of carbonyl (C=O) groups is 1. The predicted molar refractivity (Wildman–Crippen MR) is 64.4 cm³/mol. The summed E-state index contributed by atoms with van der Waals surface area (Å²) in [6.45, 7) is 0.413. The van der Waals surface area contributed by atoms with E-state index in [2.05, 4.69) is 21.2 Å². The van der Waals surface area contributed by atoms with Gasteiger partial charge in [0.25, 0.3) is 0 Å². The standard InChI is InChI=1S/C11H14BrNO3/c12-6-10(14)7-13-11(15)16-8-9-4-2-1-3-5-9/h1-5,10,14H,6-8H2,(H,13,15). The Balaban J connectivity index is 2.20. The van der Waals surface area contributed by atoms with Crippen molar-refractivity contribution in [2.75, 3.05) is 11.9 Å². The molecule has 0 radical (unpaired) electrons. The molecule has 1 aromatic carbocycles. The number of rotatable bonds is 5. The first kappa shape index (κ1) is 13.0. The van der Waals surface area contributed by atoms with Gasteiger partial charge in [0, 0.05) is 11.9 Å². The molecule has 0 aliphatic rings. The van der Waals surface area contributed by atoms with E-state index in [0.29, 0.717) is 5.33 Å². The Hall–Kier alpha value is -1.07. The van der Waals surface area contributed by atoms with Crippen LogP contribution in [0.1, 0.15) is 5.56 Å². The third kappa shape index (κ3) is 5.14. The quantitative estimate of drug-likeness (QED) is 0.810. The molecular weight excluding hydrogens is 274 g/mol. The molecule has 0 bridgehead atoms. The van der Waals surface area contributed by atoms with Crippen LogP contribution in [0.2, 0.25) is 0 Å². The lowest BCUT2D eigenvalue weighted by Gasteiger charge is -2.09. The molecule has 1 amide bonds. The first-order chi connectivity index (χ1) is 7.72. The summed E-state index contributed by atoms with van der Waals surface area (Å²) < 4.78 is 4.95. The van der Waals surface area contributed by atoms with Crippen molar-refractivity contribution in [1.82, 2.24) is 5.32 Å². The third-order valence-corrected chi connectivity index (χ3v) is 2.62. The number of nitrogens with one attached hydrogen (secondary N) is 1. The second kappa shape index (κ2) is 7.24. The number of aliphatic hydroxyl groups is 1. The van der Waals surface area contributed by atoms with E-state index in [9.17, 15) is 9.90 Å². The summed E-state index contributed by atoms with van der Waals surface area (Å²) in [5.41, 5.74) is 0.929. The van der Waals surface area contributed by atoms with Crippen LogP contribution in [0.4, 0.5) is 4.79 Å². The zero-order valence-corrected chi connectivity index (χ0v) is 10.3. The van der Waals surface area contributed by atoms with Crippen LogP contribution in [0.15, 0.2) is 30.3 Å². The Morgan fingerprint density at radius 1 is 1.44 bits per heavy atom. The minimum Gasteiger partial charge on any atom is -0.445 e. The Kier molecular flexibility index (Phi) is 5.88. The minimum absolute atomic E-state index is 0.179. The van der Waals surface area contributed by atoms with Crippen LogP contribution in [0.3, 0.4) is 0 Å². The molecular formula is C11H14BrNO3. The smallest absolute Gasteiger partial charge is 0.407 e. The highest BCUT2D eigenvalue weighted by Gasteiger charge is 2.06. The van der Waals surface area contributed by atoms with E-state index in [1.807, 2.05) is 30.3 Å². The van der Waals surface area contributed by atoms with E-state index >= 15 is 0 Å². The molecule has 0 fully saturated rings. The van der Waals surface area contributed by atoms with Gasteiger partial charge in [0.05, 0.1) is 6.10 Å². The number of alkyl halides is 1. The van der Waals surface area contributed by atoms with Crippen LogP contribution in [0.25, 0.3) is 0 Å². The highest BCUT2D eigenvalue weighted by atomic mass is 79.9. The molecule has 0 aliphatic heterocycles. The maximum atomic E-state index is 11.2. The van der Waals surface area contributed by atoms with Crippen molar-refractivity contribution in [3.05, 3.63) is 35.9 Å². The highest BCUT2D eigenvalue weighted by Crippen LogP contribution is 2.00. The fourth-order valence-corrected chi connectivity index (χ4v) is 1.26. The number of ether oxygens (including phenoxy) is 1. The average molecular weight is 288 g/mol. The van der Waals surface area contributed by atoms with E-state index in [1.54, 1.807) is 0 Å². The maximum Gasteiger partial charge on any atom is 0.407 e. The van der Waals surface area contributed by atoms with Crippen molar-refractivity contribution in [2.45, 2.75) is 12.7 Å². The van der Waals surface area contributed by atoms with Crippen LogP contribution in [0.5, 0.6) is 0 Å². The van der Waals surface area contributed by atoms with Gasteiger partial charge in [-0.1, -0.05) is 46.3 Å². The molecule has 4 nitrogen and oxygen atoms in total. The molecule has 1 aromatic rings. The van der Waals surface area contributed by atoms with Gasteiger partial charge in [0.1, 0.15) is 6.61 Å². The molecule has 5 heteroatoms. The summed E-state index contributed by atoms with van der Waals surface area (Å²) in [6, 6.07) is 9.41. The first-order valence-electron chi connectivity index (χ1n) is 4.91. The molecule has 0 saturated heterocycles. The monoisotopic (exact) mass is 287 g/mol. The second-order valence-electron chi connectivity index (χ2n) is 3.25. The number of benzene rings is 1. The number of amides is 1. The molecule has 2 N–H and O–H groups in total. The zero-order chi connectivity index (χ0) is 11.8. The number of hydrogen-bond acceptors (Lipinski definition) is 3. The summed E-state index contributed by atoms with van der Waals surface area (Å²) >= 11 is 3.10. The third-order valence-electron chi connectivity index (χ3n) is 1.87. The van der Waals surface area contributed by atoms with Gasteiger partial charge in [-0.05, 0) is 5.56 Å². The highest BCUT2D eigenvalue weighted by molar-refractivity contribution is 9.09. The van der Waals surface area contributed by atoms with Gasteiger partial charge in [0.2, 0.25) is 0 Å². The Morgan fingerprint density at radius 3 is 2.75 bits per heavy atom. The minimum atomic E-state index is -0.593. The maximum absolute atomic E-state index is 11.2. The molecule has 0 saturated carbocycles. The summed E-state index contributed by atoms with van der Waals surface area (Å²) in [5, 5.41) is 12.1. The van der Waals surface area contributed by atoms with E-state index in [1.165, 1.54) is 0 Å². The van der Waals surface area contributed by atoms with E-state index in [-0.39, 0.29) is 13.2 Å². The van der Waals surface area contributed by atoms with Crippen molar-refractivity contribution in [2.24, 2.45) is 0 Å². The lowest BCUT2D eigenvalue weighted by molar-refractivity contribution is 0.130. The van der Waals surface area contributed by atoms with Crippen molar-refractivity contribution >= 4 is 22.0 Å². The predicted octanol–water partition coefficient (Wildman–Crippen LogP) is 1.67. The molecule has 1 rings (SSSR count). The molecule has 16 heavy (non-hydrogen) atoms. The summed E-state index contributed by atoms with van der Waals surface area (Å²) in [6.07, 6.45) is -1.12. The topological polar surface area (TPSA) is 58.6 Å². The Bertz CT molecular complexity index is 318. The second-order valence-corrected chi connectivity index (χ2v) is 3.90. The number of hydrogen-bond donors (Lipinski definition) is 2.